The second kappa shape index (κ2) is 8.39. The number of para-hydroxylation sites is 1. The Morgan fingerprint density at radius 2 is 2.06 bits per heavy atom. The highest BCUT2D eigenvalue weighted by molar-refractivity contribution is 6.32. The van der Waals surface area contributed by atoms with Gasteiger partial charge in [-0.25, -0.2) is 0 Å². The number of nitrogens with two attached hydrogens (primary N) is 1. The van der Waals surface area contributed by atoms with E-state index >= 15 is 0 Å². The van der Waals surface area contributed by atoms with Gasteiger partial charge in [-0.3, -0.25) is 0 Å². The maximum Gasteiger partial charge on any atom is 0.141 e. The van der Waals surface area contributed by atoms with Crippen LogP contribution in [0, 0.1) is 0 Å². The second-order valence-corrected chi connectivity index (χ2v) is 5.23. The summed E-state index contributed by atoms with van der Waals surface area (Å²) in [5.74, 6) is 0.813. The average molecular weight is 270 g/mol. The molecule has 18 heavy (non-hydrogen) atoms. The smallest absolute Gasteiger partial charge is 0.141 e. The summed E-state index contributed by atoms with van der Waals surface area (Å²) in [5, 5.41) is 0.684. The molecule has 0 spiro atoms. The van der Waals surface area contributed by atoms with E-state index in [1.165, 1.54) is 19.3 Å². The lowest BCUT2D eigenvalue weighted by molar-refractivity contribution is 0.302. The van der Waals surface area contributed by atoms with Crippen molar-refractivity contribution in [1.82, 2.24) is 0 Å². The van der Waals surface area contributed by atoms with E-state index in [0.29, 0.717) is 5.02 Å². The van der Waals surface area contributed by atoms with Crippen LogP contribution in [0.3, 0.4) is 0 Å². The Kier molecular flexibility index (Phi) is 7.14. The standard InChI is InChI=1S/C15H24ClNO/c1-3-4-5-6-10-18-15-13(11-12(2)17)8-7-9-14(15)16/h7-9,12H,3-6,10-11,17H2,1-2H3. The van der Waals surface area contributed by atoms with Crippen LogP contribution in [-0.2, 0) is 6.42 Å². The van der Waals surface area contributed by atoms with Gasteiger partial charge in [-0.2, -0.15) is 0 Å². The largest absolute Gasteiger partial charge is 0.492 e. The molecule has 0 aliphatic heterocycles. The minimum absolute atomic E-state index is 0.117. The molecule has 102 valence electrons. The van der Waals surface area contributed by atoms with E-state index < -0.39 is 0 Å². The quantitative estimate of drug-likeness (QED) is 0.718. The Balaban J connectivity index is 2.56. The van der Waals surface area contributed by atoms with E-state index in [-0.39, 0.29) is 6.04 Å². The zero-order valence-electron chi connectivity index (χ0n) is 11.4. The van der Waals surface area contributed by atoms with E-state index in [4.69, 9.17) is 22.1 Å². The van der Waals surface area contributed by atoms with Crippen molar-refractivity contribution in [3.63, 3.8) is 0 Å². The van der Waals surface area contributed by atoms with Gasteiger partial charge in [0.15, 0.2) is 0 Å². The third-order valence-electron chi connectivity index (χ3n) is 2.83. The molecule has 0 heterocycles. The van der Waals surface area contributed by atoms with Crippen molar-refractivity contribution in [3.05, 3.63) is 28.8 Å². The van der Waals surface area contributed by atoms with E-state index in [1.807, 2.05) is 25.1 Å². The summed E-state index contributed by atoms with van der Waals surface area (Å²) < 4.78 is 5.83. The molecule has 0 saturated heterocycles. The minimum Gasteiger partial charge on any atom is -0.492 e. The molecule has 1 aromatic carbocycles. The Labute approximate surface area is 115 Å². The lowest BCUT2D eigenvalue weighted by Gasteiger charge is -2.14. The Bertz CT molecular complexity index is 352. The SMILES string of the molecule is CCCCCCOc1c(Cl)cccc1CC(C)N. The van der Waals surface area contributed by atoms with Gasteiger partial charge in [0.05, 0.1) is 11.6 Å². The van der Waals surface area contributed by atoms with Crippen molar-refractivity contribution >= 4 is 11.6 Å². The molecule has 2 N–H and O–H groups in total. The number of hydrogen-bond acceptors (Lipinski definition) is 2. The fraction of sp³-hybridized carbons (Fsp3) is 0.600. The minimum atomic E-state index is 0.117. The summed E-state index contributed by atoms with van der Waals surface area (Å²) in [7, 11) is 0. The number of ether oxygens (including phenoxy) is 1. The summed E-state index contributed by atoms with van der Waals surface area (Å²) in [6, 6.07) is 5.97. The molecule has 0 radical (unpaired) electrons. The lowest BCUT2D eigenvalue weighted by atomic mass is 10.1. The zero-order chi connectivity index (χ0) is 13.4. The topological polar surface area (TPSA) is 35.2 Å². The number of unbranched alkanes of at least 4 members (excludes halogenated alkanes) is 3. The number of benzene rings is 1. The van der Waals surface area contributed by atoms with Crippen molar-refractivity contribution in [2.45, 2.75) is 52.0 Å². The van der Waals surface area contributed by atoms with Crippen LogP contribution in [0.1, 0.15) is 45.1 Å². The predicted octanol–water partition coefficient (Wildman–Crippen LogP) is 4.19. The fourth-order valence-corrected chi connectivity index (χ4v) is 2.17. The van der Waals surface area contributed by atoms with Crippen LogP contribution >= 0.6 is 11.6 Å². The summed E-state index contributed by atoms with van der Waals surface area (Å²) in [5.41, 5.74) is 6.94. The van der Waals surface area contributed by atoms with Crippen LogP contribution in [0.25, 0.3) is 0 Å². The van der Waals surface area contributed by atoms with Gasteiger partial charge in [-0.1, -0.05) is 49.9 Å². The van der Waals surface area contributed by atoms with Crippen molar-refractivity contribution < 1.29 is 4.74 Å². The van der Waals surface area contributed by atoms with Crippen molar-refractivity contribution in [2.24, 2.45) is 5.73 Å². The molecule has 1 rings (SSSR count). The van der Waals surface area contributed by atoms with Crippen molar-refractivity contribution in [2.75, 3.05) is 6.61 Å². The molecule has 3 heteroatoms. The molecule has 0 fully saturated rings. The average Bonchev–Trinajstić information content (AvgIpc) is 2.31. The molecule has 0 aliphatic carbocycles. The Morgan fingerprint density at radius 3 is 2.72 bits per heavy atom. The highest BCUT2D eigenvalue weighted by atomic mass is 35.5. The predicted molar refractivity (Wildman–Crippen MR) is 78.4 cm³/mol. The molecule has 0 bridgehead atoms. The van der Waals surface area contributed by atoms with Gasteiger partial charge in [-0.05, 0) is 31.4 Å². The number of hydrogen-bond donors (Lipinski definition) is 1. The van der Waals surface area contributed by atoms with Gasteiger partial charge in [0, 0.05) is 6.04 Å². The molecule has 1 unspecified atom stereocenters. The first kappa shape index (κ1) is 15.3. The van der Waals surface area contributed by atoms with Crippen LogP contribution in [0.2, 0.25) is 5.02 Å². The van der Waals surface area contributed by atoms with E-state index in [2.05, 4.69) is 6.92 Å². The van der Waals surface area contributed by atoms with Crippen LogP contribution in [0.15, 0.2) is 18.2 Å². The van der Waals surface area contributed by atoms with Gasteiger partial charge in [0.2, 0.25) is 0 Å². The molecule has 0 saturated carbocycles. The van der Waals surface area contributed by atoms with Crippen LogP contribution in [-0.4, -0.2) is 12.6 Å². The first-order valence-corrected chi connectivity index (χ1v) is 7.18. The van der Waals surface area contributed by atoms with Crippen molar-refractivity contribution in [1.29, 1.82) is 0 Å². The van der Waals surface area contributed by atoms with Gasteiger partial charge >= 0.3 is 0 Å². The molecule has 1 aromatic rings. The normalized spacial score (nSPS) is 12.4. The highest BCUT2D eigenvalue weighted by Crippen LogP contribution is 2.29. The zero-order valence-corrected chi connectivity index (χ0v) is 12.2. The van der Waals surface area contributed by atoms with Gasteiger partial charge in [-0.15, -0.1) is 0 Å². The van der Waals surface area contributed by atoms with Crippen LogP contribution in [0.4, 0.5) is 0 Å². The second-order valence-electron chi connectivity index (χ2n) is 4.82. The highest BCUT2D eigenvalue weighted by Gasteiger charge is 2.09. The van der Waals surface area contributed by atoms with Crippen LogP contribution in [0.5, 0.6) is 5.75 Å². The molecular weight excluding hydrogens is 246 g/mol. The maximum atomic E-state index is 6.19. The Morgan fingerprint density at radius 1 is 1.28 bits per heavy atom. The first-order chi connectivity index (χ1) is 8.65. The summed E-state index contributed by atoms with van der Waals surface area (Å²) in [6.07, 6.45) is 5.59. The monoisotopic (exact) mass is 269 g/mol. The maximum absolute atomic E-state index is 6.19. The fourth-order valence-electron chi connectivity index (χ4n) is 1.93. The first-order valence-electron chi connectivity index (χ1n) is 6.81. The third kappa shape index (κ3) is 5.28. The molecule has 0 amide bonds. The van der Waals surface area contributed by atoms with Gasteiger partial charge in [0.25, 0.3) is 0 Å². The van der Waals surface area contributed by atoms with Crippen molar-refractivity contribution in [3.8, 4) is 5.75 Å². The summed E-state index contributed by atoms with van der Waals surface area (Å²) in [6.45, 7) is 4.93. The summed E-state index contributed by atoms with van der Waals surface area (Å²) >= 11 is 6.19. The third-order valence-corrected chi connectivity index (χ3v) is 3.13. The van der Waals surface area contributed by atoms with Crippen LogP contribution < -0.4 is 10.5 Å². The van der Waals surface area contributed by atoms with Gasteiger partial charge < -0.3 is 10.5 Å². The van der Waals surface area contributed by atoms with Gasteiger partial charge in [0.1, 0.15) is 5.75 Å². The van der Waals surface area contributed by atoms with E-state index in [1.54, 1.807) is 0 Å². The number of rotatable bonds is 8. The summed E-state index contributed by atoms with van der Waals surface area (Å²) in [4.78, 5) is 0. The molecular formula is C15H24ClNO. The molecule has 1 atom stereocenters. The van der Waals surface area contributed by atoms with E-state index in [9.17, 15) is 0 Å². The van der Waals surface area contributed by atoms with E-state index in [0.717, 1.165) is 30.8 Å². The number of halogens is 1. The lowest BCUT2D eigenvalue weighted by Crippen LogP contribution is -2.18. The Hall–Kier alpha value is -0.730. The molecule has 2 nitrogen and oxygen atoms in total. The molecule has 0 aliphatic rings. The molecule has 0 aromatic heterocycles.